The lowest BCUT2D eigenvalue weighted by Gasteiger charge is -2.15. The van der Waals surface area contributed by atoms with Gasteiger partial charge >= 0.3 is 0 Å². The van der Waals surface area contributed by atoms with E-state index in [-0.39, 0.29) is 6.04 Å². The second kappa shape index (κ2) is 13.2. The minimum atomic E-state index is 0.205. The summed E-state index contributed by atoms with van der Waals surface area (Å²) in [7, 11) is 1.68. The van der Waals surface area contributed by atoms with Crippen molar-refractivity contribution in [3.63, 3.8) is 0 Å². The Morgan fingerprint density at radius 3 is 2.36 bits per heavy atom. The number of benzene rings is 2. The molecule has 0 amide bonds. The molecule has 28 heavy (non-hydrogen) atoms. The molecule has 0 radical (unpaired) electrons. The Bertz CT molecular complexity index is 657. The van der Waals surface area contributed by atoms with Gasteiger partial charge in [-0.1, -0.05) is 81.8 Å². The van der Waals surface area contributed by atoms with E-state index in [0.29, 0.717) is 6.61 Å². The minimum absolute atomic E-state index is 0.205. The van der Waals surface area contributed by atoms with Crippen molar-refractivity contribution in [3.05, 3.63) is 59.7 Å². The Hall–Kier alpha value is -2.00. The average Bonchev–Trinajstić information content (AvgIpc) is 2.71. The molecule has 1 atom stereocenters. The lowest BCUT2D eigenvalue weighted by atomic mass is 10.00. The molecule has 0 saturated carbocycles. The van der Waals surface area contributed by atoms with Crippen LogP contribution < -0.4 is 15.2 Å². The van der Waals surface area contributed by atoms with E-state index in [4.69, 9.17) is 15.2 Å². The van der Waals surface area contributed by atoms with Crippen LogP contribution in [0.15, 0.2) is 48.5 Å². The molecule has 1 unspecified atom stereocenters. The van der Waals surface area contributed by atoms with Crippen LogP contribution in [0.3, 0.4) is 0 Å². The number of hydrogen-bond donors (Lipinski definition) is 1. The Balaban J connectivity index is 1.80. The number of ether oxygens (including phenoxy) is 2. The highest BCUT2D eigenvalue weighted by Gasteiger charge is 2.09. The molecule has 3 nitrogen and oxygen atoms in total. The highest BCUT2D eigenvalue weighted by atomic mass is 16.5. The molecule has 0 aromatic heterocycles. The largest absolute Gasteiger partial charge is 0.493 e. The topological polar surface area (TPSA) is 44.5 Å². The van der Waals surface area contributed by atoms with E-state index >= 15 is 0 Å². The summed E-state index contributed by atoms with van der Waals surface area (Å²) in [6.07, 6.45) is 10.7. The molecular formula is C25H37NO2. The van der Waals surface area contributed by atoms with E-state index in [1.54, 1.807) is 7.11 Å². The van der Waals surface area contributed by atoms with E-state index in [9.17, 15) is 0 Å². The fourth-order valence-corrected chi connectivity index (χ4v) is 3.48. The summed E-state index contributed by atoms with van der Waals surface area (Å²) < 4.78 is 11.5. The third-order valence-corrected chi connectivity index (χ3v) is 5.15. The van der Waals surface area contributed by atoms with Gasteiger partial charge in [0.1, 0.15) is 0 Å². The van der Waals surface area contributed by atoms with Crippen LogP contribution in [0.25, 0.3) is 0 Å². The molecule has 2 aromatic rings. The summed E-state index contributed by atoms with van der Waals surface area (Å²) in [4.78, 5) is 0. The molecule has 154 valence electrons. The highest BCUT2D eigenvalue weighted by Crippen LogP contribution is 2.29. The fourth-order valence-electron chi connectivity index (χ4n) is 3.48. The van der Waals surface area contributed by atoms with Gasteiger partial charge in [0.05, 0.1) is 13.7 Å². The number of methoxy groups -OCH3 is 1. The van der Waals surface area contributed by atoms with Crippen LogP contribution >= 0.6 is 0 Å². The SMILES string of the molecule is CCCCCCCCC(N)Cc1ccc(OC)c(OCCc2ccccc2)c1. The molecule has 0 fully saturated rings. The van der Waals surface area contributed by atoms with Crippen molar-refractivity contribution in [2.24, 2.45) is 5.73 Å². The first-order valence-electron chi connectivity index (χ1n) is 10.8. The van der Waals surface area contributed by atoms with Crippen LogP contribution in [-0.2, 0) is 12.8 Å². The average molecular weight is 384 g/mol. The Morgan fingerprint density at radius 2 is 1.61 bits per heavy atom. The first-order chi connectivity index (χ1) is 13.7. The highest BCUT2D eigenvalue weighted by molar-refractivity contribution is 5.43. The molecule has 0 bridgehead atoms. The maximum absolute atomic E-state index is 6.37. The van der Waals surface area contributed by atoms with Crippen LogP contribution in [0.5, 0.6) is 11.5 Å². The van der Waals surface area contributed by atoms with Crippen LogP contribution in [0.4, 0.5) is 0 Å². The number of unbranched alkanes of at least 4 members (excludes halogenated alkanes) is 5. The molecule has 0 heterocycles. The molecule has 2 aromatic carbocycles. The third-order valence-electron chi connectivity index (χ3n) is 5.15. The van der Waals surface area contributed by atoms with Crippen molar-refractivity contribution in [1.82, 2.24) is 0 Å². The van der Waals surface area contributed by atoms with Crippen molar-refractivity contribution >= 4 is 0 Å². The smallest absolute Gasteiger partial charge is 0.161 e. The van der Waals surface area contributed by atoms with Gasteiger partial charge in [-0.15, -0.1) is 0 Å². The second-order valence-electron chi connectivity index (χ2n) is 7.59. The molecule has 0 spiro atoms. The van der Waals surface area contributed by atoms with Crippen molar-refractivity contribution < 1.29 is 9.47 Å². The van der Waals surface area contributed by atoms with Gasteiger partial charge in [-0.2, -0.15) is 0 Å². The van der Waals surface area contributed by atoms with Crippen LogP contribution in [-0.4, -0.2) is 19.8 Å². The fraction of sp³-hybridized carbons (Fsp3) is 0.520. The van der Waals surface area contributed by atoms with Crippen LogP contribution in [0, 0.1) is 0 Å². The molecule has 3 heteroatoms. The van der Waals surface area contributed by atoms with Crippen molar-refractivity contribution in [3.8, 4) is 11.5 Å². The number of nitrogens with two attached hydrogens (primary N) is 1. The summed E-state index contributed by atoms with van der Waals surface area (Å²) >= 11 is 0. The van der Waals surface area contributed by atoms with Gasteiger partial charge in [0.25, 0.3) is 0 Å². The Morgan fingerprint density at radius 1 is 0.857 bits per heavy atom. The second-order valence-corrected chi connectivity index (χ2v) is 7.59. The predicted octanol–water partition coefficient (Wildman–Crippen LogP) is 5.94. The first kappa shape index (κ1) is 22.3. The van der Waals surface area contributed by atoms with Crippen LogP contribution in [0.2, 0.25) is 0 Å². The van der Waals surface area contributed by atoms with E-state index in [0.717, 1.165) is 30.8 Å². The van der Waals surface area contributed by atoms with E-state index in [2.05, 4.69) is 43.3 Å². The maximum Gasteiger partial charge on any atom is 0.161 e. The summed E-state index contributed by atoms with van der Waals surface area (Å²) in [6, 6.07) is 16.8. The quantitative estimate of drug-likeness (QED) is 0.411. The maximum atomic E-state index is 6.37. The number of rotatable bonds is 14. The van der Waals surface area contributed by atoms with Gasteiger partial charge in [0.2, 0.25) is 0 Å². The lowest BCUT2D eigenvalue weighted by molar-refractivity contribution is 0.297. The number of hydrogen-bond acceptors (Lipinski definition) is 3. The zero-order chi connectivity index (χ0) is 20.0. The standard InChI is InChI=1S/C25H37NO2/c1-3-4-5-6-7-11-14-23(26)19-22-15-16-24(27-2)25(20-22)28-18-17-21-12-9-8-10-13-21/h8-10,12-13,15-16,20,23H,3-7,11,14,17-19,26H2,1-2H3. The summed E-state index contributed by atoms with van der Waals surface area (Å²) in [5.41, 5.74) is 8.86. The first-order valence-corrected chi connectivity index (χ1v) is 10.8. The lowest BCUT2D eigenvalue weighted by Crippen LogP contribution is -2.22. The zero-order valence-electron chi connectivity index (χ0n) is 17.7. The van der Waals surface area contributed by atoms with Gasteiger partial charge in [0.15, 0.2) is 11.5 Å². The van der Waals surface area contributed by atoms with E-state index in [1.807, 2.05) is 12.1 Å². The van der Waals surface area contributed by atoms with Crippen molar-refractivity contribution in [1.29, 1.82) is 0 Å². The summed E-state index contributed by atoms with van der Waals surface area (Å²) in [5.74, 6) is 1.59. The Labute approximate surface area is 171 Å². The molecule has 0 aliphatic rings. The molecule has 2 N–H and O–H groups in total. The Kier molecular flexibility index (Phi) is 10.5. The monoisotopic (exact) mass is 383 g/mol. The van der Waals surface area contributed by atoms with Crippen molar-refractivity contribution in [2.75, 3.05) is 13.7 Å². The molecule has 0 aliphatic heterocycles. The summed E-state index contributed by atoms with van der Waals surface area (Å²) in [6.45, 7) is 2.89. The minimum Gasteiger partial charge on any atom is -0.493 e. The normalized spacial score (nSPS) is 12.0. The molecule has 0 saturated heterocycles. The van der Waals surface area contributed by atoms with E-state index in [1.165, 1.54) is 49.7 Å². The summed E-state index contributed by atoms with van der Waals surface area (Å²) in [5, 5.41) is 0. The van der Waals surface area contributed by atoms with Gasteiger partial charge in [-0.05, 0) is 36.1 Å². The third kappa shape index (κ3) is 8.35. The van der Waals surface area contributed by atoms with Crippen molar-refractivity contribution in [2.45, 2.75) is 70.8 Å². The van der Waals surface area contributed by atoms with Gasteiger partial charge in [0, 0.05) is 12.5 Å². The van der Waals surface area contributed by atoms with Gasteiger partial charge < -0.3 is 15.2 Å². The van der Waals surface area contributed by atoms with Crippen LogP contribution in [0.1, 0.15) is 63.0 Å². The van der Waals surface area contributed by atoms with Gasteiger partial charge in [-0.25, -0.2) is 0 Å². The predicted molar refractivity (Wildman–Crippen MR) is 118 cm³/mol. The molecule has 2 rings (SSSR count). The van der Waals surface area contributed by atoms with Gasteiger partial charge in [-0.3, -0.25) is 0 Å². The molecule has 0 aliphatic carbocycles. The van der Waals surface area contributed by atoms with E-state index < -0.39 is 0 Å². The zero-order valence-corrected chi connectivity index (χ0v) is 17.7. The molecular weight excluding hydrogens is 346 g/mol.